The zero-order valence-electron chi connectivity index (χ0n) is 19.6. The Labute approximate surface area is 196 Å². The van der Waals surface area contributed by atoms with Gasteiger partial charge >= 0.3 is 7.12 Å². The van der Waals surface area contributed by atoms with Crippen LogP contribution in [0.2, 0.25) is 0 Å². The van der Waals surface area contributed by atoms with Crippen molar-refractivity contribution in [2.24, 2.45) is 0 Å². The van der Waals surface area contributed by atoms with E-state index in [4.69, 9.17) is 0 Å². The summed E-state index contributed by atoms with van der Waals surface area (Å²) in [6.07, 6.45) is 6.26. The van der Waals surface area contributed by atoms with Gasteiger partial charge in [0.15, 0.2) is 0 Å². The summed E-state index contributed by atoms with van der Waals surface area (Å²) in [5.41, 5.74) is 4.90. The van der Waals surface area contributed by atoms with Crippen molar-refractivity contribution >= 4 is 18.9 Å². The van der Waals surface area contributed by atoms with E-state index in [0.29, 0.717) is 12.0 Å². The second kappa shape index (κ2) is 12.0. The predicted molar refractivity (Wildman–Crippen MR) is 131 cm³/mol. The SMILES string of the molecule is CCCC[C@H](NC(=O)CC(NC(=O)c1cccc2c1CCCC2)c1cccc(C)c1)B(O)O. The lowest BCUT2D eigenvalue weighted by atomic mass is 9.76. The number of carbonyl (C=O) groups is 2. The Hall–Kier alpha value is -2.64. The number of unbranched alkanes of at least 4 members (excludes halogenated alkanes) is 1. The molecule has 3 rings (SSSR count). The average molecular weight is 450 g/mol. The Balaban J connectivity index is 1.79. The van der Waals surface area contributed by atoms with Crippen molar-refractivity contribution in [2.75, 3.05) is 0 Å². The Morgan fingerprint density at radius 3 is 2.55 bits per heavy atom. The van der Waals surface area contributed by atoms with Crippen LogP contribution >= 0.6 is 0 Å². The maximum Gasteiger partial charge on any atom is 0.475 e. The van der Waals surface area contributed by atoms with E-state index in [9.17, 15) is 19.6 Å². The van der Waals surface area contributed by atoms with Crippen molar-refractivity contribution in [3.8, 4) is 0 Å². The van der Waals surface area contributed by atoms with E-state index in [1.165, 1.54) is 5.56 Å². The first-order chi connectivity index (χ1) is 15.9. The van der Waals surface area contributed by atoms with Gasteiger partial charge in [-0.2, -0.15) is 0 Å². The van der Waals surface area contributed by atoms with Crippen LogP contribution in [0.1, 0.15) is 84.1 Å². The first-order valence-electron chi connectivity index (χ1n) is 12.0. The summed E-state index contributed by atoms with van der Waals surface area (Å²) in [6.45, 7) is 3.98. The highest BCUT2D eigenvalue weighted by molar-refractivity contribution is 6.43. The lowest BCUT2D eigenvalue weighted by Gasteiger charge is -2.24. The number of hydrogen-bond donors (Lipinski definition) is 4. The minimum absolute atomic E-state index is 0.0135. The third kappa shape index (κ3) is 6.92. The van der Waals surface area contributed by atoms with Gasteiger partial charge in [-0.3, -0.25) is 9.59 Å². The molecule has 0 aliphatic heterocycles. The van der Waals surface area contributed by atoms with Crippen molar-refractivity contribution in [2.45, 2.75) is 77.2 Å². The molecule has 0 spiro atoms. The number of benzene rings is 2. The van der Waals surface area contributed by atoms with E-state index >= 15 is 0 Å². The topological polar surface area (TPSA) is 98.7 Å². The molecule has 2 atom stereocenters. The molecule has 6 nitrogen and oxygen atoms in total. The highest BCUT2D eigenvalue weighted by Gasteiger charge is 2.27. The van der Waals surface area contributed by atoms with Crippen LogP contribution in [0.5, 0.6) is 0 Å². The van der Waals surface area contributed by atoms with Crippen molar-refractivity contribution in [1.29, 1.82) is 0 Å². The van der Waals surface area contributed by atoms with Crippen molar-refractivity contribution < 1.29 is 19.6 Å². The molecular weight excluding hydrogens is 415 g/mol. The maximum atomic E-state index is 13.3. The van der Waals surface area contributed by atoms with Gasteiger partial charge in [-0.15, -0.1) is 0 Å². The average Bonchev–Trinajstić information content (AvgIpc) is 2.80. The molecule has 7 heteroatoms. The summed E-state index contributed by atoms with van der Waals surface area (Å²) >= 11 is 0. The van der Waals surface area contributed by atoms with E-state index in [2.05, 4.69) is 16.7 Å². The summed E-state index contributed by atoms with van der Waals surface area (Å²) in [5, 5.41) is 25.1. The molecule has 0 heterocycles. The molecule has 0 aromatic heterocycles. The predicted octanol–water partition coefficient (Wildman–Crippen LogP) is 3.42. The van der Waals surface area contributed by atoms with Crippen molar-refractivity contribution in [3.63, 3.8) is 0 Å². The second-order valence-corrected chi connectivity index (χ2v) is 9.02. The lowest BCUT2D eigenvalue weighted by Crippen LogP contribution is -2.47. The molecular formula is C26H35BN2O4. The van der Waals surface area contributed by atoms with E-state index in [-0.39, 0.29) is 18.2 Å². The number of fused-ring (bicyclic) bond motifs is 1. The highest BCUT2D eigenvalue weighted by Crippen LogP contribution is 2.26. The first kappa shape index (κ1) is 25.0. The normalized spacial score (nSPS) is 14.7. The van der Waals surface area contributed by atoms with Crippen LogP contribution in [0.25, 0.3) is 0 Å². The number of aryl methyl sites for hydroxylation is 2. The third-order valence-electron chi connectivity index (χ3n) is 6.35. The molecule has 33 heavy (non-hydrogen) atoms. The fourth-order valence-corrected chi connectivity index (χ4v) is 4.54. The maximum absolute atomic E-state index is 13.3. The summed E-state index contributed by atoms with van der Waals surface area (Å²) in [6, 6.07) is 13.1. The smallest absolute Gasteiger partial charge is 0.426 e. The van der Waals surface area contributed by atoms with Gasteiger partial charge in [0, 0.05) is 5.56 Å². The van der Waals surface area contributed by atoms with E-state index in [0.717, 1.165) is 55.2 Å². The standard InChI is InChI=1S/C26H35BN2O4/c1-3-4-15-24(27(32)33)29-25(30)17-23(20-12-7-9-18(2)16-20)28-26(31)22-14-8-11-19-10-5-6-13-21(19)22/h7-9,11-12,14,16,23-24,32-33H,3-6,10,13,15,17H2,1-2H3,(H,28,31)(H,29,30)/t23?,24-/m0/s1. The van der Waals surface area contributed by atoms with Gasteiger partial charge in [-0.25, -0.2) is 0 Å². The fraction of sp³-hybridized carbons (Fsp3) is 0.462. The molecule has 0 bridgehead atoms. The van der Waals surface area contributed by atoms with Crippen LogP contribution in [0, 0.1) is 6.92 Å². The van der Waals surface area contributed by atoms with Crippen molar-refractivity contribution in [1.82, 2.24) is 10.6 Å². The van der Waals surface area contributed by atoms with E-state index in [1.54, 1.807) is 0 Å². The second-order valence-electron chi connectivity index (χ2n) is 9.02. The van der Waals surface area contributed by atoms with Gasteiger partial charge < -0.3 is 20.7 Å². The summed E-state index contributed by atoms with van der Waals surface area (Å²) < 4.78 is 0. The number of amides is 2. The summed E-state index contributed by atoms with van der Waals surface area (Å²) in [4.78, 5) is 26.2. The molecule has 1 aliphatic rings. The highest BCUT2D eigenvalue weighted by atomic mass is 16.4. The molecule has 1 aliphatic carbocycles. The number of nitrogens with one attached hydrogen (secondary N) is 2. The zero-order chi connectivity index (χ0) is 23.8. The molecule has 176 valence electrons. The molecule has 1 unspecified atom stereocenters. The largest absolute Gasteiger partial charge is 0.475 e. The van der Waals surface area contributed by atoms with E-state index < -0.39 is 19.1 Å². The van der Waals surface area contributed by atoms with Gasteiger partial charge in [0.05, 0.1) is 18.4 Å². The molecule has 0 radical (unpaired) electrons. The number of carbonyl (C=O) groups excluding carboxylic acids is 2. The van der Waals surface area contributed by atoms with Crippen LogP contribution < -0.4 is 10.6 Å². The molecule has 4 N–H and O–H groups in total. The molecule has 2 aromatic carbocycles. The van der Waals surface area contributed by atoms with E-state index in [1.807, 2.05) is 50.2 Å². The molecule has 0 saturated carbocycles. The molecule has 0 saturated heterocycles. The minimum atomic E-state index is -1.62. The van der Waals surface area contributed by atoms with Gasteiger partial charge in [0.2, 0.25) is 5.91 Å². The Morgan fingerprint density at radius 2 is 1.82 bits per heavy atom. The summed E-state index contributed by atoms with van der Waals surface area (Å²) in [5.74, 6) is -1.24. The van der Waals surface area contributed by atoms with Crippen LogP contribution in [0.15, 0.2) is 42.5 Å². The Kier molecular flexibility index (Phi) is 9.09. The van der Waals surface area contributed by atoms with Crippen LogP contribution in [0.4, 0.5) is 0 Å². The van der Waals surface area contributed by atoms with Crippen LogP contribution in [-0.2, 0) is 17.6 Å². The monoisotopic (exact) mass is 450 g/mol. The zero-order valence-corrected chi connectivity index (χ0v) is 19.6. The molecule has 2 aromatic rings. The van der Waals surface area contributed by atoms with Crippen molar-refractivity contribution in [3.05, 3.63) is 70.3 Å². The van der Waals surface area contributed by atoms with Gasteiger partial charge in [0.25, 0.3) is 5.91 Å². The van der Waals surface area contributed by atoms with Gasteiger partial charge in [-0.1, -0.05) is 61.7 Å². The quantitative estimate of drug-likeness (QED) is 0.417. The third-order valence-corrected chi connectivity index (χ3v) is 6.35. The summed E-state index contributed by atoms with van der Waals surface area (Å²) in [7, 11) is -1.62. The molecule has 0 fully saturated rings. The van der Waals surface area contributed by atoms with Gasteiger partial charge in [0.1, 0.15) is 0 Å². The Morgan fingerprint density at radius 1 is 1.06 bits per heavy atom. The minimum Gasteiger partial charge on any atom is -0.426 e. The Bertz CT molecular complexity index is 963. The first-order valence-corrected chi connectivity index (χ1v) is 12.0. The van der Waals surface area contributed by atoms with Gasteiger partial charge in [-0.05, 0) is 61.8 Å². The fourth-order valence-electron chi connectivity index (χ4n) is 4.54. The van der Waals surface area contributed by atoms with Crippen LogP contribution in [0.3, 0.4) is 0 Å². The lowest BCUT2D eigenvalue weighted by molar-refractivity contribution is -0.122. The number of hydrogen-bond acceptors (Lipinski definition) is 4. The molecule has 2 amide bonds. The van der Waals surface area contributed by atoms with Crippen LogP contribution in [-0.4, -0.2) is 34.9 Å². The number of rotatable bonds is 10.